The van der Waals surface area contributed by atoms with Crippen molar-refractivity contribution >= 4 is 41.9 Å². The topological polar surface area (TPSA) is 80.3 Å². The fraction of sp³-hybridized carbons (Fsp3) is 0.850. The van der Waals surface area contributed by atoms with Gasteiger partial charge in [0.1, 0.15) is 5.54 Å². The van der Waals surface area contributed by atoms with Gasteiger partial charge in [0.25, 0.3) is 5.91 Å². The predicted octanol–water partition coefficient (Wildman–Crippen LogP) is 1.95. The van der Waals surface area contributed by atoms with Crippen molar-refractivity contribution in [1.82, 2.24) is 25.3 Å². The lowest BCUT2D eigenvalue weighted by Gasteiger charge is -2.24. The molecule has 3 amide bonds. The summed E-state index contributed by atoms with van der Waals surface area (Å²) >= 11 is 0. The van der Waals surface area contributed by atoms with Crippen LogP contribution in [-0.4, -0.2) is 91.0 Å². The van der Waals surface area contributed by atoms with Crippen molar-refractivity contribution in [2.24, 2.45) is 10.9 Å². The van der Waals surface area contributed by atoms with Crippen LogP contribution >= 0.6 is 24.0 Å². The third-order valence-electron chi connectivity index (χ3n) is 6.10. The Morgan fingerprint density at radius 1 is 1.31 bits per heavy atom. The van der Waals surface area contributed by atoms with Crippen LogP contribution in [0.5, 0.6) is 0 Å². The fourth-order valence-electron chi connectivity index (χ4n) is 3.98. The minimum atomic E-state index is -0.754. The molecule has 0 saturated carbocycles. The van der Waals surface area contributed by atoms with Gasteiger partial charge in [-0.15, -0.1) is 24.0 Å². The number of amides is 3. The lowest BCUT2D eigenvalue weighted by atomic mass is 9.99. The molecule has 2 aliphatic rings. The first-order chi connectivity index (χ1) is 13.4. The van der Waals surface area contributed by atoms with Gasteiger partial charge in [-0.2, -0.15) is 0 Å². The molecule has 8 nitrogen and oxygen atoms in total. The molecular weight excluding hydrogens is 483 g/mol. The second-order valence-corrected chi connectivity index (χ2v) is 7.99. The minimum absolute atomic E-state index is 0. The SMILES string of the molecule is CCN(CC)CC1CCN(C(=NC)NCCCN2C(=O)NC(C)(CC)C2=O)C1.I. The smallest absolute Gasteiger partial charge is 0.325 e. The summed E-state index contributed by atoms with van der Waals surface area (Å²) in [6.45, 7) is 14.6. The average Bonchev–Trinajstić information content (AvgIpc) is 3.24. The molecule has 0 radical (unpaired) electrons. The van der Waals surface area contributed by atoms with Crippen LogP contribution in [0.1, 0.15) is 47.0 Å². The highest BCUT2D eigenvalue weighted by atomic mass is 127. The van der Waals surface area contributed by atoms with Crippen molar-refractivity contribution < 1.29 is 9.59 Å². The predicted molar refractivity (Wildman–Crippen MR) is 128 cm³/mol. The zero-order valence-electron chi connectivity index (χ0n) is 18.7. The lowest BCUT2D eigenvalue weighted by Crippen LogP contribution is -2.43. The Morgan fingerprint density at radius 2 is 2.00 bits per heavy atom. The molecule has 0 aliphatic carbocycles. The van der Waals surface area contributed by atoms with Crippen LogP contribution in [0.4, 0.5) is 4.79 Å². The molecule has 2 atom stereocenters. The van der Waals surface area contributed by atoms with Crippen LogP contribution in [0, 0.1) is 5.92 Å². The highest BCUT2D eigenvalue weighted by molar-refractivity contribution is 14.0. The van der Waals surface area contributed by atoms with E-state index in [4.69, 9.17) is 0 Å². The first-order valence-corrected chi connectivity index (χ1v) is 10.7. The third kappa shape index (κ3) is 6.44. The number of nitrogens with one attached hydrogen (secondary N) is 2. The van der Waals surface area contributed by atoms with Crippen molar-refractivity contribution in [1.29, 1.82) is 0 Å². The molecule has 2 unspecified atom stereocenters. The number of imide groups is 1. The Balaban J connectivity index is 0.00000420. The van der Waals surface area contributed by atoms with Crippen molar-refractivity contribution in [3.8, 4) is 0 Å². The van der Waals surface area contributed by atoms with Crippen LogP contribution in [0.3, 0.4) is 0 Å². The molecule has 9 heteroatoms. The number of guanidine groups is 1. The number of urea groups is 1. The maximum absolute atomic E-state index is 12.4. The molecule has 2 aliphatic heterocycles. The minimum Gasteiger partial charge on any atom is -0.356 e. The van der Waals surface area contributed by atoms with Crippen LogP contribution in [0.25, 0.3) is 0 Å². The van der Waals surface area contributed by atoms with E-state index in [0.29, 0.717) is 31.8 Å². The molecule has 2 rings (SSSR count). The first-order valence-electron chi connectivity index (χ1n) is 10.7. The highest BCUT2D eigenvalue weighted by Crippen LogP contribution is 2.21. The zero-order chi connectivity index (χ0) is 20.7. The standard InChI is InChI=1S/C20H38N6O2.HI/c1-6-20(4)17(27)26(19(28)23-20)12-9-11-22-18(21-5)25-13-10-16(15-25)14-24(7-2)8-3;/h16H,6-15H2,1-5H3,(H,21,22)(H,23,28);1H. The fourth-order valence-corrected chi connectivity index (χ4v) is 3.98. The number of hydrogen-bond donors (Lipinski definition) is 2. The van der Waals surface area contributed by atoms with Gasteiger partial charge in [-0.3, -0.25) is 14.7 Å². The summed E-state index contributed by atoms with van der Waals surface area (Å²) in [4.78, 5) is 35.0. The van der Waals surface area contributed by atoms with E-state index in [0.717, 1.165) is 38.7 Å². The van der Waals surface area contributed by atoms with E-state index in [1.54, 1.807) is 6.92 Å². The highest BCUT2D eigenvalue weighted by Gasteiger charge is 2.45. The van der Waals surface area contributed by atoms with Gasteiger partial charge in [0, 0.05) is 39.8 Å². The molecule has 29 heavy (non-hydrogen) atoms. The van der Waals surface area contributed by atoms with Crippen molar-refractivity contribution in [3.05, 3.63) is 0 Å². The maximum atomic E-state index is 12.4. The second kappa shape index (κ2) is 11.9. The van der Waals surface area contributed by atoms with Crippen LogP contribution < -0.4 is 10.6 Å². The quantitative estimate of drug-likeness (QED) is 0.159. The summed E-state index contributed by atoms with van der Waals surface area (Å²) < 4.78 is 0. The molecule has 2 N–H and O–H groups in total. The van der Waals surface area contributed by atoms with Gasteiger partial charge in [-0.05, 0) is 45.2 Å². The summed E-state index contributed by atoms with van der Waals surface area (Å²) in [5.41, 5.74) is -0.754. The van der Waals surface area contributed by atoms with Crippen LogP contribution in [0.15, 0.2) is 4.99 Å². The summed E-state index contributed by atoms with van der Waals surface area (Å²) in [6.07, 6.45) is 2.49. The van der Waals surface area contributed by atoms with Gasteiger partial charge in [0.2, 0.25) is 0 Å². The van der Waals surface area contributed by atoms with Crippen molar-refractivity contribution in [2.45, 2.75) is 52.5 Å². The van der Waals surface area contributed by atoms with Gasteiger partial charge >= 0.3 is 6.03 Å². The summed E-state index contributed by atoms with van der Waals surface area (Å²) in [7, 11) is 1.81. The monoisotopic (exact) mass is 522 g/mol. The third-order valence-corrected chi connectivity index (χ3v) is 6.10. The Labute approximate surface area is 192 Å². The number of carbonyl (C=O) groups excluding carboxylic acids is 2. The van der Waals surface area contributed by atoms with Gasteiger partial charge < -0.3 is 20.4 Å². The Kier molecular flexibility index (Phi) is 10.7. The molecule has 2 heterocycles. The number of aliphatic imine (C=N–C) groups is 1. The van der Waals surface area contributed by atoms with E-state index >= 15 is 0 Å². The molecule has 0 bridgehead atoms. The molecule has 168 valence electrons. The number of hydrogen-bond acceptors (Lipinski definition) is 4. The normalized spacial score (nSPS) is 24.9. The van der Waals surface area contributed by atoms with E-state index in [-0.39, 0.29) is 35.9 Å². The lowest BCUT2D eigenvalue weighted by molar-refractivity contribution is -0.130. The molecule has 0 aromatic heterocycles. The number of carbonyl (C=O) groups is 2. The molecule has 0 spiro atoms. The average molecular weight is 522 g/mol. The maximum Gasteiger partial charge on any atom is 0.325 e. The number of halogens is 1. The Hall–Kier alpha value is -1.10. The second-order valence-electron chi connectivity index (χ2n) is 7.99. The van der Waals surface area contributed by atoms with Gasteiger partial charge in [-0.25, -0.2) is 4.79 Å². The number of likely N-dealkylation sites (tertiary alicyclic amines) is 1. The van der Waals surface area contributed by atoms with Crippen molar-refractivity contribution in [2.75, 3.05) is 52.9 Å². The van der Waals surface area contributed by atoms with Gasteiger partial charge in [0.15, 0.2) is 5.96 Å². The van der Waals surface area contributed by atoms with Crippen LogP contribution in [-0.2, 0) is 4.79 Å². The largest absolute Gasteiger partial charge is 0.356 e. The molecule has 0 aromatic carbocycles. The Morgan fingerprint density at radius 3 is 2.55 bits per heavy atom. The summed E-state index contributed by atoms with van der Waals surface area (Å²) in [6, 6.07) is -0.280. The number of nitrogens with zero attached hydrogens (tertiary/aromatic N) is 4. The van der Waals surface area contributed by atoms with E-state index in [2.05, 4.69) is 39.3 Å². The Bertz CT molecular complexity index is 583. The molecule has 0 aromatic rings. The van der Waals surface area contributed by atoms with Crippen molar-refractivity contribution in [3.63, 3.8) is 0 Å². The van der Waals surface area contributed by atoms with Crippen LogP contribution in [0.2, 0.25) is 0 Å². The molecule has 2 fully saturated rings. The van der Waals surface area contributed by atoms with E-state index in [9.17, 15) is 9.59 Å². The molecule has 2 saturated heterocycles. The van der Waals surface area contributed by atoms with Gasteiger partial charge in [-0.1, -0.05) is 20.8 Å². The zero-order valence-corrected chi connectivity index (χ0v) is 21.0. The number of rotatable bonds is 9. The van der Waals surface area contributed by atoms with E-state index in [1.807, 2.05) is 14.0 Å². The summed E-state index contributed by atoms with van der Waals surface area (Å²) in [5, 5.41) is 6.19. The van der Waals surface area contributed by atoms with Gasteiger partial charge in [0.05, 0.1) is 0 Å². The summed E-state index contributed by atoms with van der Waals surface area (Å²) in [5.74, 6) is 1.47. The van der Waals surface area contributed by atoms with E-state index in [1.165, 1.54) is 11.3 Å². The van der Waals surface area contributed by atoms with E-state index < -0.39 is 5.54 Å². The first kappa shape index (κ1) is 25.9. The molecular formula is C20H39IN6O2.